The summed E-state index contributed by atoms with van der Waals surface area (Å²) < 4.78 is 4.89. The lowest BCUT2D eigenvalue weighted by atomic mass is 10.0. The van der Waals surface area contributed by atoms with E-state index in [0.717, 1.165) is 12.8 Å². The molecule has 1 unspecified atom stereocenters. The highest BCUT2D eigenvalue weighted by molar-refractivity contribution is 5.95. The molecule has 1 aromatic rings. The number of ether oxygens (including phenoxy) is 1. The quantitative estimate of drug-likeness (QED) is 0.415. The zero-order chi connectivity index (χ0) is 20.7. The van der Waals surface area contributed by atoms with E-state index < -0.39 is 16.9 Å². The fourth-order valence-corrected chi connectivity index (χ4v) is 2.81. The first-order valence-corrected chi connectivity index (χ1v) is 9.56. The van der Waals surface area contributed by atoms with Crippen molar-refractivity contribution in [1.82, 2.24) is 10.6 Å². The van der Waals surface area contributed by atoms with Crippen molar-refractivity contribution in [3.8, 4) is 0 Å². The number of anilines is 1. The van der Waals surface area contributed by atoms with Gasteiger partial charge in [0.1, 0.15) is 5.69 Å². The summed E-state index contributed by atoms with van der Waals surface area (Å²) in [5, 5.41) is 19.9. The zero-order valence-electron chi connectivity index (χ0n) is 16.5. The third-order valence-corrected chi connectivity index (χ3v) is 4.26. The first-order valence-electron chi connectivity index (χ1n) is 9.56. The molecule has 1 aliphatic carbocycles. The van der Waals surface area contributed by atoms with Crippen molar-refractivity contribution < 1.29 is 19.2 Å². The molecule has 0 aromatic heterocycles. The van der Waals surface area contributed by atoms with Crippen molar-refractivity contribution in [3.63, 3.8) is 0 Å². The van der Waals surface area contributed by atoms with Crippen LogP contribution in [0.3, 0.4) is 0 Å². The molecule has 9 heteroatoms. The molecule has 2 amide bonds. The van der Waals surface area contributed by atoms with Gasteiger partial charge in [-0.1, -0.05) is 13.8 Å². The van der Waals surface area contributed by atoms with Crippen molar-refractivity contribution >= 4 is 23.4 Å². The second kappa shape index (κ2) is 9.91. The molecule has 1 aliphatic rings. The average Bonchev–Trinajstić information content (AvgIpc) is 3.43. The number of carbonyl (C=O) groups excluding carboxylic acids is 2. The van der Waals surface area contributed by atoms with Gasteiger partial charge in [-0.15, -0.1) is 0 Å². The maximum absolute atomic E-state index is 12.5. The molecule has 1 aromatic carbocycles. The number of hydrogen-bond acceptors (Lipinski definition) is 6. The molecule has 28 heavy (non-hydrogen) atoms. The SMILES string of the molecule is CCOC(=O)NC(CNC(=O)c1ccc(NC2CC2)c([N+](=O)[O-])c1)CC(C)C. The summed E-state index contributed by atoms with van der Waals surface area (Å²) in [6.07, 6.45) is 2.10. The highest BCUT2D eigenvalue weighted by Gasteiger charge is 2.25. The number of carbonyl (C=O) groups is 2. The summed E-state index contributed by atoms with van der Waals surface area (Å²) in [7, 11) is 0. The van der Waals surface area contributed by atoms with Crippen LogP contribution in [0.5, 0.6) is 0 Å². The third-order valence-electron chi connectivity index (χ3n) is 4.26. The predicted molar refractivity (Wildman–Crippen MR) is 105 cm³/mol. The molecular weight excluding hydrogens is 364 g/mol. The number of nitrogens with zero attached hydrogens (tertiary/aromatic N) is 1. The molecule has 3 N–H and O–H groups in total. The molecular formula is C19H28N4O5. The van der Waals surface area contributed by atoms with Crippen LogP contribution in [-0.4, -0.2) is 42.2 Å². The van der Waals surface area contributed by atoms with Crippen molar-refractivity contribution in [2.75, 3.05) is 18.5 Å². The van der Waals surface area contributed by atoms with Crippen molar-refractivity contribution in [1.29, 1.82) is 0 Å². The van der Waals surface area contributed by atoms with E-state index in [1.807, 2.05) is 13.8 Å². The molecule has 0 spiro atoms. The minimum atomic E-state index is -0.534. The standard InChI is InChI=1S/C19H28N4O5/c1-4-28-19(25)22-15(9-12(2)3)11-20-18(24)13-5-8-16(21-14-6-7-14)17(10-13)23(26)27/h5,8,10,12,14-15,21H,4,6-7,9,11H2,1-3H3,(H,20,24)(H,22,25). The molecule has 9 nitrogen and oxygen atoms in total. The Bertz CT molecular complexity index is 718. The van der Waals surface area contributed by atoms with Crippen molar-refractivity contribution in [3.05, 3.63) is 33.9 Å². The first-order chi connectivity index (χ1) is 13.3. The molecule has 1 atom stereocenters. The van der Waals surface area contributed by atoms with Crippen LogP contribution >= 0.6 is 0 Å². The lowest BCUT2D eigenvalue weighted by Gasteiger charge is -2.20. The monoisotopic (exact) mass is 392 g/mol. The van der Waals surface area contributed by atoms with Gasteiger partial charge in [-0.2, -0.15) is 0 Å². The van der Waals surface area contributed by atoms with Crippen LogP contribution in [0.2, 0.25) is 0 Å². The molecule has 2 rings (SSSR count). The van der Waals surface area contributed by atoms with Crippen molar-refractivity contribution in [2.45, 2.75) is 52.1 Å². The van der Waals surface area contributed by atoms with Gasteiger partial charge in [0.25, 0.3) is 11.6 Å². The van der Waals surface area contributed by atoms with Crippen LogP contribution in [0, 0.1) is 16.0 Å². The number of amides is 2. The van der Waals surface area contributed by atoms with E-state index in [1.54, 1.807) is 19.1 Å². The number of hydrogen-bond donors (Lipinski definition) is 3. The maximum Gasteiger partial charge on any atom is 0.407 e. The Balaban J connectivity index is 2.02. The second-order valence-electron chi connectivity index (χ2n) is 7.31. The van der Waals surface area contributed by atoms with Gasteiger partial charge in [0.15, 0.2) is 0 Å². The van der Waals surface area contributed by atoms with E-state index in [2.05, 4.69) is 16.0 Å². The Morgan fingerprint density at radius 2 is 2.04 bits per heavy atom. The number of rotatable bonds is 10. The van der Waals surface area contributed by atoms with E-state index in [1.165, 1.54) is 6.07 Å². The topological polar surface area (TPSA) is 123 Å². The predicted octanol–water partition coefficient (Wildman–Crippen LogP) is 3.06. The fourth-order valence-electron chi connectivity index (χ4n) is 2.81. The largest absolute Gasteiger partial charge is 0.450 e. The van der Waals surface area contributed by atoms with Gasteiger partial charge >= 0.3 is 6.09 Å². The second-order valence-corrected chi connectivity index (χ2v) is 7.31. The van der Waals surface area contributed by atoms with Gasteiger partial charge in [-0.3, -0.25) is 14.9 Å². The van der Waals surface area contributed by atoms with Crippen LogP contribution in [-0.2, 0) is 4.74 Å². The molecule has 0 radical (unpaired) electrons. The highest BCUT2D eigenvalue weighted by atomic mass is 16.6. The Morgan fingerprint density at radius 3 is 2.61 bits per heavy atom. The van der Waals surface area contributed by atoms with Gasteiger partial charge < -0.3 is 20.7 Å². The molecule has 0 heterocycles. The minimum Gasteiger partial charge on any atom is -0.450 e. The van der Waals surface area contributed by atoms with E-state index in [4.69, 9.17) is 4.74 Å². The Morgan fingerprint density at radius 1 is 1.32 bits per heavy atom. The average molecular weight is 392 g/mol. The zero-order valence-corrected chi connectivity index (χ0v) is 16.5. The molecule has 0 bridgehead atoms. The lowest BCUT2D eigenvalue weighted by Crippen LogP contribution is -2.44. The van der Waals surface area contributed by atoms with Crippen LogP contribution in [0.4, 0.5) is 16.2 Å². The summed E-state index contributed by atoms with van der Waals surface area (Å²) in [6.45, 7) is 6.20. The summed E-state index contributed by atoms with van der Waals surface area (Å²) in [6, 6.07) is 4.37. The van der Waals surface area contributed by atoms with Crippen LogP contribution in [0.25, 0.3) is 0 Å². The smallest absolute Gasteiger partial charge is 0.407 e. The number of benzene rings is 1. The fraction of sp³-hybridized carbons (Fsp3) is 0.579. The van der Waals surface area contributed by atoms with E-state index in [0.29, 0.717) is 18.0 Å². The molecule has 1 fully saturated rings. The molecule has 0 saturated heterocycles. The van der Waals surface area contributed by atoms with E-state index in [-0.39, 0.29) is 36.5 Å². The summed E-state index contributed by atoms with van der Waals surface area (Å²) in [5.41, 5.74) is 0.501. The summed E-state index contributed by atoms with van der Waals surface area (Å²) >= 11 is 0. The van der Waals surface area contributed by atoms with Gasteiger partial charge in [0.2, 0.25) is 0 Å². The third kappa shape index (κ3) is 6.71. The Kier molecular flexibility index (Phi) is 7.60. The van der Waals surface area contributed by atoms with Gasteiger partial charge in [0.05, 0.1) is 11.5 Å². The number of nitro benzene ring substituents is 1. The van der Waals surface area contributed by atoms with Gasteiger partial charge in [-0.25, -0.2) is 4.79 Å². The van der Waals surface area contributed by atoms with Gasteiger partial charge in [0, 0.05) is 30.3 Å². The summed E-state index contributed by atoms with van der Waals surface area (Å²) in [4.78, 5) is 35.0. The lowest BCUT2D eigenvalue weighted by molar-refractivity contribution is -0.384. The van der Waals surface area contributed by atoms with Gasteiger partial charge in [-0.05, 0) is 44.2 Å². The molecule has 154 valence electrons. The highest BCUT2D eigenvalue weighted by Crippen LogP contribution is 2.31. The first kappa shape index (κ1) is 21.5. The minimum absolute atomic E-state index is 0.122. The van der Waals surface area contributed by atoms with Crippen LogP contribution in [0.1, 0.15) is 50.4 Å². The maximum atomic E-state index is 12.5. The van der Waals surface area contributed by atoms with E-state index >= 15 is 0 Å². The van der Waals surface area contributed by atoms with Crippen LogP contribution < -0.4 is 16.0 Å². The number of nitrogens with one attached hydrogen (secondary N) is 3. The normalized spacial score (nSPS) is 14.3. The Labute approximate surface area is 164 Å². The summed E-state index contributed by atoms with van der Waals surface area (Å²) in [5.74, 6) is -0.127. The number of nitro groups is 1. The van der Waals surface area contributed by atoms with E-state index in [9.17, 15) is 19.7 Å². The van der Waals surface area contributed by atoms with Crippen LogP contribution in [0.15, 0.2) is 18.2 Å². The molecule has 1 saturated carbocycles. The number of alkyl carbamates (subject to hydrolysis) is 1. The van der Waals surface area contributed by atoms with Crippen molar-refractivity contribution in [2.24, 2.45) is 5.92 Å². The molecule has 0 aliphatic heterocycles. The Hall–Kier alpha value is -2.84.